The molecule has 2 aromatic carbocycles. The molecule has 0 atom stereocenters. The largest absolute Gasteiger partial charge is 0.294 e. The predicted octanol–water partition coefficient (Wildman–Crippen LogP) is 4.17. The predicted molar refractivity (Wildman–Crippen MR) is 109 cm³/mol. The van der Waals surface area contributed by atoms with Crippen LogP contribution in [-0.2, 0) is 16.3 Å². The molecule has 30 heavy (non-hydrogen) atoms. The van der Waals surface area contributed by atoms with Gasteiger partial charge in [-0.05, 0) is 42.3 Å². The zero-order valence-corrected chi connectivity index (χ0v) is 17.1. The molecule has 0 aliphatic rings. The molecule has 2 aromatic heterocycles. The van der Waals surface area contributed by atoms with Crippen molar-refractivity contribution in [1.82, 2.24) is 14.4 Å². The Hall–Kier alpha value is -3.10. The van der Waals surface area contributed by atoms with Crippen molar-refractivity contribution in [1.29, 1.82) is 0 Å². The van der Waals surface area contributed by atoms with Crippen molar-refractivity contribution in [3.8, 4) is 0 Å². The van der Waals surface area contributed by atoms with Gasteiger partial charge in [-0.1, -0.05) is 23.7 Å². The number of carbonyl (C=O) groups excluding carboxylic acids is 1. The maximum Gasteiger partial charge on any atom is 0.233 e. The van der Waals surface area contributed by atoms with Crippen LogP contribution in [0, 0.1) is 5.82 Å². The number of halogens is 2. The molecule has 9 heteroatoms. The van der Waals surface area contributed by atoms with Gasteiger partial charge in [0.1, 0.15) is 5.82 Å². The van der Waals surface area contributed by atoms with Gasteiger partial charge in [-0.25, -0.2) is 22.8 Å². The second kappa shape index (κ2) is 7.97. The minimum atomic E-state index is -3.87. The summed E-state index contributed by atoms with van der Waals surface area (Å²) in [7, 11) is -3.87. The third kappa shape index (κ3) is 3.96. The number of benzene rings is 2. The van der Waals surface area contributed by atoms with Crippen molar-refractivity contribution in [3.63, 3.8) is 0 Å². The summed E-state index contributed by atoms with van der Waals surface area (Å²) in [6.45, 7) is 0. The van der Waals surface area contributed by atoms with Crippen molar-refractivity contribution < 1.29 is 17.6 Å². The molecule has 0 fully saturated rings. The van der Waals surface area contributed by atoms with Gasteiger partial charge in [-0.2, -0.15) is 0 Å². The first kappa shape index (κ1) is 20.2. The van der Waals surface area contributed by atoms with E-state index in [0.29, 0.717) is 17.8 Å². The summed E-state index contributed by atoms with van der Waals surface area (Å²) in [6, 6.07) is 9.54. The third-order valence-corrected chi connectivity index (χ3v) is 6.72. The Morgan fingerprint density at radius 3 is 2.53 bits per heavy atom. The van der Waals surface area contributed by atoms with Gasteiger partial charge in [0.2, 0.25) is 15.6 Å². The van der Waals surface area contributed by atoms with Crippen molar-refractivity contribution in [3.05, 3.63) is 89.2 Å². The Kier molecular flexibility index (Phi) is 5.36. The summed E-state index contributed by atoms with van der Waals surface area (Å²) in [5.74, 6) is -0.355. The van der Waals surface area contributed by atoms with Gasteiger partial charge in [0.25, 0.3) is 0 Å². The zero-order chi connectivity index (χ0) is 21.3. The van der Waals surface area contributed by atoms with Crippen LogP contribution in [0.5, 0.6) is 0 Å². The quantitative estimate of drug-likeness (QED) is 0.418. The molecule has 0 bridgehead atoms. The summed E-state index contributed by atoms with van der Waals surface area (Å²) in [5.41, 5.74) is 1.28. The summed E-state index contributed by atoms with van der Waals surface area (Å²) in [4.78, 5) is 20.5. The van der Waals surface area contributed by atoms with E-state index in [4.69, 9.17) is 11.6 Å². The number of rotatable bonds is 6. The Bertz CT molecular complexity index is 1350. The number of hydrogen-bond acceptors (Lipinski definition) is 5. The lowest BCUT2D eigenvalue weighted by molar-refractivity contribution is 0.0982. The van der Waals surface area contributed by atoms with Crippen LogP contribution in [0.4, 0.5) is 4.39 Å². The molecule has 0 spiro atoms. The average molecular weight is 444 g/mol. The van der Waals surface area contributed by atoms with Crippen molar-refractivity contribution in [2.45, 2.75) is 22.6 Å². The number of Topliss-reactive ketones (excluding diaryl/α,β-unsaturated/α-hetero) is 1. The fourth-order valence-corrected chi connectivity index (χ4v) is 4.37. The molecule has 0 saturated carbocycles. The molecule has 2 heterocycles. The zero-order valence-electron chi connectivity index (χ0n) is 15.5. The van der Waals surface area contributed by atoms with E-state index in [1.165, 1.54) is 30.5 Å². The van der Waals surface area contributed by atoms with E-state index in [-0.39, 0.29) is 27.0 Å². The molecule has 0 amide bonds. The summed E-state index contributed by atoms with van der Waals surface area (Å²) >= 11 is 5.62. The van der Waals surface area contributed by atoms with Crippen molar-refractivity contribution in [2.75, 3.05) is 0 Å². The van der Waals surface area contributed by atoms with E-state index < -0.39 is 15.7 Å². The summed E-state index contributed by atoms with van der Waals surface area (Å²) in [5, 5.41) is -0.142. The lowest BCUT2D eigenvalue weighted by Gasteiger charge is -2.07. The normalized spacial score (nSPS) is 11.7. The molecular weight excluding hydrogens is 429 g/mol. The highest BCUT2D eigenvalue weighted by Crippen LogP contribution is 2.25. The minimum Gasteiger partial charge on any atom is -0.294 e. The average Bonchev–Trinajstić information content (AvgIpc) is 3.22. The fraction of sp³-hybridized carbons (Fsp3) is 0.0952. The van der Waals surface area contributed by atoms with E-state index in [2.05, 4.69) is 9.97 Å². The highest BCUT2D eigenvalue weighted by molar-refractivity contribution is 7.91. The Morgan fingerprint density at radius 1 is 1.07 bits per heavy atom. The highest BCUT2D eigenvalue weighted by atomic mass is 35.5. The van der Waals surface area contributed by atoms with Crippen LogP contribution >= 0.6 is 11.6 Å². The van der Waals surface area contributed by atoms with Crippen molar-refractivity contribution >= 4 is 33.0 Å². The first-order valence-electron chi connectivity index (χ1n) is 8.95. The third-order valence-electron chi connectivity index (χ3n) is 4.64. The Balaban J connectivity index is 1.46. The molecular formula is C21H15ClFN3O3S. The first-order valence-corrected chi connectivity index (χ1v) is 10.8. The number of aromatic nitrogens is 3. The van der Waals surface area contributed by atoms with E-state index in [0.717, 1.165) is 11.6 Å². The molecule has 0 aliphatic carbocycles. The topological polar surface area (TPSA) is 81.4 Å². The van der Waals surface area contributed by atoms with Crippen LogP contribution in [0.3, 0.4) is 0 Å². The molecule has 0 unspecified atom stereocenters. The Labute approximate surface area is 176 Å². The van der Waals surface area contributed by atoms with Crippen molar-refractivity contribution in [2.24, 2.45) is 0 Å². The maximum atomic E-state index is 13.6. The number of aryl methyl sites for hydroxylation is 1. The van der Waals surface area contributed by atoms with Crippen LogP contribution in [0.2, 0.25) is 5.02 Å². The number of imidazole rings is 1. The van der Waals surface area contributed by atoms with Gasteiger partial charge in [-0.3, -0.25) is 9.20 Å². The van der Waals surface area contributed by atoms with Gasteiger partial charge in [0.05, 0.1) is 20.4 Å². The van der Waals surface area contributed by atoms with Crippen LogP contribution in [0.1, 0.15) is 22.3 Å². The molecule has 0 aliphatic heterocycles. The number of ketones is 1. The molecule has 0 saturated heterocycles. The Morgan fingerprint density at radius 2 is 1.80 bits per heavy atom. The lowest BCUT2D eigenvalue weighted by Crippen LogP contribution is -2.05. The second-order valence-electron chi connectivity index (χ2n) is 6.62. The molecule has 0 radical (unpaired) electrons. The monoisotopic (exact) mass is 443 g/mol. The number of fused-ring (bicyclic) bond motifs is 1. The molecule has 0 N–H and O–H groups in total. The van der Waals surface area contributed by atoms with E-state index in [1.54, 1.807) is 35.1 Å². The van der Waals surface area contributed by atoms with Crippen LogP contribution in [0.25, 0.3) is 5.78 Å². The van der Waals surface area contributed by atoms with Gasteiger partial charge in [0, 0.05) is 31.2 Å². The highest BCUT2D eigenvalue weighted by Gasteiger charge is 2.19. The van der Waals surface area contributed by atoms with Crippen LogP contribution in [0.15, 0.2) is 77.0 Å². The molecule has 4 rings (SSSR count). The fourth-order valence-electron chi connectivity index (χ4n) is 2.98. The van der Waals surface area contributed by atoms with Gasteiger partial charge < -0.3 is 0 Å². The number of sulfone groups is 1. The summed E-state index contributed by atoms with van der Waals surface area (Å²) < 4.78 is 40.6. The number of carbonyl (C=O) groups is 1. The summed E-state index contributed by atoms with van der Waals surface area (Å²) in [6.07, 6.45) is 7.17. The van der Waals surface area contributed by atoms with E-state index in [9.17, 15) is 17.6 Å². The van der Waals surface area contributed by atoms with Gasteiger partial charge >= 0.3 is 0 Å². The van der Waals surface area contributed by atoms with Gasteiger partial charge in [0.15, 0.2) is 5.78 Å². The minimum absolute atomic E-state index is 0.0362. The standard InChI is InChI=1S/C21H15ClFN3O3S/c22-18-7-6-17(11-19(18)23)30(28,29)16-4-1-14(2-5-16)3-8-20(27)15-12-25-21-24-9-10-26(21)13-15/h1-2,4-7,9-13H,3,8H2. The second-order valence-corrected chi connectivity index (χ2v) is 8.98. The van der Waals surface area contributed by atoms with Gasteiger partial charge in [-0.15, -0.1) is 0 Å². The molecule has 152 valence electrons. The van der Waals surface area contributed by atoms with E-state index >= 15 is 0 Å². The van der Waals surface area contributed by atoms with Crippen LogP contribution in [-0.4, -0.2) is 28.6 Å². The maximum absolute atomic E-state index is 13.6. The van der Waals surface area contributed by atoms with Crippen LogP contribution < -0.4 is 0 Å². The number of nitrogens with zero attached hydrogens (tertiary/aromatic N) is 3. The molecule has 4 aromatic rings. The molecule has 6 nitrogen and oxygen atoms in total. The lowest BCUT2D eigenvalue weighted by atomic mass is 10.0. The number of hydrogen-bond donors (Lipinski definition) is 0. The first-order chi connectivity index (χ1) is 14.3. The SMILES string of the molecule is O=C(CCc1ccc(S(=O)(=O)c2ccc(Cl)c(F)c2)cc1)c1cnc2nccn2c1. The smallest absolute Gasteiger partial charge is 0.233 e. The van der Waals surface area contributed by atoms with E-state index in [1.807, 2.05) is 0 Å².